The number of amides is 3. The SMILES string of the molecule is COc1ccc(NC(=O)c2cccc(N3C(=O)[C@@H]4[C@H](C3=O)[C@H]3C=C[C@H]4C3)c2)cc1Cl. The zero-order chi connectivity index (χ0) is 21.0. The standard InChI is InChI=1S/C23H19ClN2O4/c1-30-18-8-7-15(11-17(18)24)25-21(27)14-3-2-4-16(10-14)26-22(28)19-12-5-6-13(9-12)20(19)23(26)29/h2-8,10-13,19-20H,9H2,1H3,(H,25,27)/t12-,13-,19-,20+/m0/s1. The molecule has 1 saturated heterocycles. The monoisotopic (exact) mass is 422 g/mol. The van der Waals surface area contributed by atoms with Gasteiger partial charge in [0.25, 0.3) is 5.91 Å². The van der Waals surface area contributed by atoms with Gasteiger partial charge in [-0.25, -0.2) is 4.90 Å². The molecule has 2 aliphatic carbocycles. The van der Waals surface area contributed by atoms with Gasteiger partial charge in [0, 0.05) is 11.3 Å². The maximum Gasteiger partial charge on any atom is 0.255 e. The van der Waals surface area contributed by atoms with Crippen molar-refractivity contribution in [3.8, 4) is 5.75 Å². The minimum Gasteiger partial charge on any atom is -0.495 e. The summed E-state index contributed by atoms with van der Waals surface area (Å²) in [4.78, 5) is 40.0. The zero-order valence-electron chi connectivity index (χ0n) is 16.2. The summed E-state index contributed by atoms with van der Waals surface area (Å²) < 4.78 is 5.11. The van der Waals surface area contributed by atoms with Gasteiger partial charge in [0.05, 0.1) is 29.7 Å². The number of imide groups is 1. The zero-order valence-corrected chi connectivity index (χ0v) is 16.9. The molecule has 2 fully saturated rings. The van der Waals surface area contributed by atoms with E-state index in [2.05, 4.69) is 17.5 Å². The van der Waals surface area contributed by atoms with E-state index in [1.807, 2.05) is 0 Å². The van der Waals surface area contributed by atoms with E-state index < -0.39 is 0 Å². The van der Waals surface area contributed by atoms with Gasteiger partial charge >= 0.3 is 0 Å². The van der Waals surface area contributed by atoms with Gasteiger partial charge < -0.3 is 10.1 Å². The number of hydrogen-bond donors (Lipinski definition) is 1. The number of anilines is 2. The van der Waals surface area contributed by atoms with Crippen molar-refractivity contribution in [1.82, 2.24) is 0 Å². The molecule has 6 nitrogen and oxygen atoms in total. The van der Waals surface area contributed by atoms with Crippen LogP contribution in [0.2, 0.25) is 5.02 Å². The van der Waals surface area contributed by atoms with Crippen LogP contribution in [-0.2, 0) is 9.59 Å². The summed E-state index contributed by atoms with van der Waals surface area (Å²) in [5.41, 5.74) is 1.29. The lowest BCUT2D eigenvalue weighted by atomic mass is 9.85. The Balaban J connectivity index is 1.38. The van der Waals surface area contributed by atoms with Crippen LogP contribution < -0.4 is 15.0 Å². The van der Waals surface area contributed by atoms with Crippen LogP contribution in [0.5, 0.6) is 5.75 Å². The fourth-order valence-electron chi connectivity index (χ4n) is 4.89. The summed E-state index contributed by atoms with van der Waals surface area (Å²) in [5.74, 6) is -0.433. The van der Waals surface area contributed by atoms with Crippen molar-refractivity contribution in [1.29, 1.82) is 0 Å². The van der Waals surface area contributed by atoms with Gasteiger partial charge in [-0.15, -0.1) is 0 Å². The molecule has 152 valence electrons. The third kappa shape index (κ3) is 2.82. The van der Waals surface area contributed by atoms with Crippen molar-refractivity contribution in [3.63, 3.8) is 0 Å². The Labute approximate surface area is 178 Å². The number of fused-ring (bicyclic) bond motifs is 5. The van der Waals surface area contributed by atoms with Crippen molar-refractivity contribution in [2.75, 3.05) is 17.3 Å². The Kier molecular flexibility index (Phi) is 4.40. The maximum absolute atomic E-state index is 13.0. The summed E-state index contributed by atoms with van der Waals surface area (Å²) in [6, 6.07) is 11.5. The Hall–Kier alpha value is -3.12. The lowest BCUT2D eigenvalue weighted by Crippen LogP contribution is -2.33. The third-order valence-corrected chi connectivity index (χ3v) is 6.54. The van der Waals surface area contributed by atoms with Crippen molar-refractivity contribution in [3.05, 3.63) is 65.2 Å². The molecular weight excluding hydrogens is 404 g/mol. The number of nitrogens with one attached hydrogen (secondary N) is 1. The lowest BCUT2D eigenvalue weighted by Gasteiger charge is -2.18. The molecule has 0 aromatic heterocycles. The van der Waals surface area contributed by atoms with Gasteiger partial charge in [0.1, 0.15) is 5.75 Å². The fraction of sp³-hybridized carbons (Fsp3) is 0.261. The van der Waals surface area contributed by atoms with Crippen molar-refractivity contribution >= 4 is 40.7 Å². The number of rotatable bonds is 4. The molecule has 2 aromatic rings. The average Bonchev–Trinajstić information content (AvgIpc) is 3.42. The van der Waals surface area contributed by atoms with Crippen LogP contribution in [0.4, 0.5) is 11.4 Å². The van der Waals surface area contributed by atoms with E-state index in [-0.39, 0.29) is 41.4 Å². The normalized spacial score (nSPS) is 26.3. The summed E-state index contributed by atoms with van der Waals surface area (Å²) in [7, 11) is 1.52. The number of nitrogens with zero attached hydrogens (tertiary/aromatic N) is 1. The van der Waals surface area contributed by atoms with E-state index >= 15 is 0 Å². The molecular formula is C23H19ClN2O4. The highest BCUT2D eigenvalue weighted by molar-refractivity contribution is 6.32. The first-order valence-electron chi connectivity index (χ1n) is 9.79. The van der Waals surface area contributed by atoms with Gasteiger partial charge in [0.15, 0.2) is 0 Å². The second-order valence-electron chi connectivity index (χ2n) is 7.87. The number of carbonyl (C=O) groups excluding carboxylic acids is 3. The highest BCUT2D eigenvalue weighted by Gasteiger charge is 2.59. The Morgan fingerprint density at radius 3 is 2.40 bits per heavy atom. The van der Waals surface area contributed by atoms with Crippen LogP contribution in [0.3, 0.4) is 0 Å². The molecule has 2 aromatic carbocycles. The molecule has 0 spiro atoms. The second kappa shape index (κ2) is 6.99. The number of allylic oxidation sites excluding steroid dienone is 2. The molecule has 30 heavy (non-hydrogen) atoms. The number of hydrogen-bond acceptors (Lipinski definition) is 4. The topological polar surface area (TPSA) is 75.7 Å². The van der Waals surface area contributed by atoms with E-state index in [1.54, 1.807) is 42.5 Å². The Morgan fingerprint density at radius 1 is 1.07 bits per heavy atom. The minimum absolute atomic E-state index is 0.146. The highest BCUT2D eigenvalue weighted by Crippen LogP contribution is 2.53. The first-order chi connectivity index (χ1) is 14.5. The maximum atomic E-state index is 13.0. The molecule has 4 atom stereocenters. The molecule has 1 aliphatic heterocycles. The molecule has 2 bridgehead atoms. The second-order valence-corrected chi connectivity index (χ2v) is 8.27. The molecule has 1 heterocycles. The Morgan fingerprint density at radius 2 is 1.77 bits per heavy atom. The van der Waals surface area contributed by atoms with Gasteiger partial charge in [-0.05, 0) is 54.7 Å². The summed E-state index contributed by atoms with van der Waals surface area (Å²) in [6.45, 7) is 0. The summed E-state index contributed by atoms with van der Waals surface area (Å²) in [5, 5.41) is 3.16. The molecule has 3 aliphatic rings. The first-order valence-corrected chi connectivity index (χ1v) is 10.2. The highest BCUT2D eigenvalue weighted by atomic mass is 35.5. The predicted molar refractivity (Wildman–Crippen MR) is 113 cm³/mol. The van der Waals surface area contributed by atoms with E-state index in [0.717, 1.165) is 6.42 Å². The number of carbonyl (C=O) groups is 3. The molecule has 3 amide bonds. The molecule has 5 rings (SSSR count). The van der Waals surface area contributed by atoms with Crippen LogP contribution in [0.1, 0.15) is 16.8 Å². The molecule has 1 saturated carbocycles. The van der Waals surface area contributed by atoms with E-state index in [9.17, 15) is 14.4 Å². The molecule has 0 radical (unpaired) electrons. The van der Waals surface area contributed by atoms with E-state index in [4.69, 9.17) is 16.3 Å². The van der Waals surface area contributed by atoms with Crippen LogP contribution in [0.25, 0.3) is 0 Å². The summed E-state index contributed by atoms with van der Waals surface area (Å²) >= 11 is 6.11. The van der Waals surface area contributed by atoms with E-state index in [0.29, 0.717) is 27.7 Å². The van der Waals surface area contributed by atoms with Crippen LogP contribution in [0, 0.1) is 23.7 Å². The van der Waals surface area contributed by atoms with Gasteiger partial charge in [-0.2, -0.15) is 0 Å². The van der Waals surface area contributed by atoms with Crippen LogP contribution in [-0.4, -0.2) is 24.8 Å². The van der Waals surface area contributed by atoms with Gasteiger partial charge in [-0.1, -0.05) is 29.8 Å². The predicted octanol–water partition coefficient (Wildman–Crippen LogP) is 3.91. The van der Waals surface area contributed by atoms with Crippen molar-refractivity contribution < 1.29 is 19.1 Å². The largest absolute Gasteiger partial charge is 0.495 e. The number of benzene rings is 2. The lowest BCUT2D eigenvalue weighted by molar-refractivity contribution is -0.123. The smallest absolute Gasteiger partial charge is 0.255 e. The van der Waals surface area contributed by atoms with E-state index in [1.165, 1.54) is 12.0 Å². The van der Waals surface area contributed by atoms with Crippen LogP contribution >= 0.6 is 11.6 Å². The van der Waals surface area contributed by atoms with Gasteiger partial charge in [0.2, 0.25) is 11.8 Å². The number of methoxy groups -OCH3 is 1. The molecule has 7 heteroatoms. The average molecular weight is 423 g/mol. The van der Waals surface area contributed by atoms with Crippen molar-refractivity contribution in [2.45, 2.75) is 6.42 Å². The first kappa shape index (κ1) is 18.9. The molecule has 1 N–H and O–H groups in total. The Bertz CT molecular complexity index is 1080. The molecule has 0 unspecified atom stereocenters. The number of halogens is 1. The third-order valence-electron chi connectivity index (χ3n) is 6.25. The summed E-state index contributed by atoms with van der Waals surface area (Å²) in [6.07, 6.45) is 5.00. The quantitative estimate of drug-likeness (QED) is 0.598. The minimum atomic E-state index is -0.362. The fourth-order valence-corrected chi connectivity index (χ4v) is 5.15. The van der Waals surface area contributed by atoms with Gasteiger partial charge in [-0.3, -0.25) is 14.4 Å². The van der Waals surface area contributed by atoms with Crippen LogP contribution in [0.15, 0.2) is 54.6 Å². The number of ether oxygens (including phenoxy) is 1. The van der Waals surface area contributed by atoms with Crippen molar-refractivity contribution in [2.24, 2.45) is 23.7 Å².